The van der Waals surface area contributed by atoms with Crippen molar-refractivity contribution in [1.82, 2.24) is 5.32 Å². The Labute approximate surface area is 98.1 Å². The molecule has 0 bridgehead atoms. The van der Waals surface area contributed by atoms with Crippen LogP contribution in [-0.4, -0.2) is 6.54 Å². The van der Waals surface area contributed by atoms with Crippen LogP contribution in [0.25, 0.3) is 0 Å². The maximum Gasteiger partial charge on any atom is 0.128 e. The quantitative estimate of drug-likeness (QED) is 0.800. The van der Waals surface area contributed by atoms with Crippen LogP contribution in [0.15, 0.2) is 18.2 Å². The highest BCUT2D eigenvalue weighted by atomic mass is 19.1. The molecular weight excluding hydrogens is 201 g/mol. The molecule has 0 radical (unpaired) electrons. The highest BCUT2D eigenvalue weighted by Crippen LogP contribution is 2.24. The maximum atomic E-state index is 13.8. The van der Waals surface area contributed by atoms with Crippen molar-refractivity contribution in [1.29, 1.82) is 0 Å². The summed E-state index contributed by atoms with van der Waals surface area (Å²) in [5.74, 6) is 0.469. The molecule has 1 aromatic carbocycles. The number of hydrogen-bond acceptors (Lipinski definition) is 1. The molecule has 16 heavy (non-hydrogen) atoms. The van der Waals surface area contributed by atoms with Gasteiger partial charge in [-0.15, -0.1) is 0 Å². The van der Waals surface area contributed by atoms with Gasteiger partial charge in [0.1, 0.15) is 5.82 Å². The van der Waals surface area contributed by atoms with Crippen molar-refractivity contribution in [3.63, 3.8) is 0 Å². The largest absolute Gasteiger partial charge is 0.310 e. The first kappa shape index (κ1) is 13.2. The molecule has 0 aliphatic carbocycles. The molecule has 1 nitrogen and oxygen atoms in total. The Bertz CT molecular complexity index is 334. The van der Waals surface area contributed by atoms with E-state index in [0.717, 1.165) is 24.1 Å². The lowest BCUT2D eigenvalue weighted by Crippen LogP contribution is -2.23. The van der Waals surface area contributed by atoms with E-state index < -0.39 is 0 Å². The minimum atomic E-state index is -0.0911. The van der Waals surface area contributed by atoms with Crippen LogP contribution in [0.3, 0.4) is 0 Å². The van der Waals surface area contributed by atoms with Crippen molar-refractivity contribution in [3.8, 4) is 0 Å². The first-order valence-electron chi connectivity index (χ1n) is 6.04. The van der Waals surface area contributed by atoms with Crippen molar-refractivity contribution < 1.29 is 4.39 Å². The first-order chi connectivity index (χ1) is 7.54. The van der Waals surface area contributed by atoms with E-state index in [2.05, 4.69) is 26.1 Å². The van der Waals surface area contributed by atoms with Crippen molar-refractivity contribution >= 4 is 0 Å². The molecule has 1 N–H and O–H groups in total. The lowest BCUT2D eigenvalue weighted by molar-refractivity contribution is 0.423. The summed E-state index contributed by atoms with van der Waals surface area (Å²) in [5.41, 5.74) is 1.77. The highest BCUT2D eigenvalue weighted by Gasteiger charge is 2.15. The van der Waals surface area contributed by atoms with Gasteiger partial charge in [0.05, 0.1) is 0 Å². The Kier molecular flexibility index (Phi) is 4.94. The van der Waals surface area contributed by atoms with Crippen LogP contribution in [0.4, 0.5) is 4.39 Å². The average molecular weight is 223 g/mol. The monoisotopic (exact) mass is 223 g/mol. The van der Waals surface area contributed by atoms with Crippen LogP contribution >= 0.6 is 0 Å². The van der Waals surface area contributed by atoms with Gasteiger partial charge < -0.3 is 5.32 Å². The van der Waals surface area contributed by atoms with E-state index in [0.29, 0.717) is 5.92 Å². The van der Waals surface area contributed by atoms with Crippen molar-refractivity contribution in [3.05, 3.63) is 35.1 Å². The van der Waals surface area contributed by atoms with Crippen molar-refractivity contribution in [2.24, 2.45) is 5.92 Å². The molecule has 1 rings (SSSR count). The Morgan fingerprint density at radius 2 is 2.00 bits per heavy atom. The normalized spacial score (nSPS) is 13.1. The zero-order valence-corrected chi connectivity index (χ0v) is 10.7. The second-order valence-electron chi connectivity index (χ2n) is 4.76. The molecule has 0 saturated carbocycles. The molecule has 0 heterocycles. The van der Waals surface area contributed by atoms with E-state index in [1.165, 1.54) is 0 Å². The first-order valence-corrected chi connectivity index (χ1v) is 6.04. The molecule has 0 saturated heterocycles. The molecule has 0 aliphatic heterocycles. The number of benzene rings is 1. The molecule has 90 valence electrons. The van der Waals surface area contributed by atoms with Crippen LogP contribution < -0.4 is 5.32 Å². The highest BCUT2D eigenvalue weighted by molar-refractivity contribution is 5.26. The summed E-state index contributed by atoms with van der Waals surface area (Å²) in [5, 5.41) is 3.35. The number of nitrogens with one attached hydrogen (secondary N) is 1. The summed E-state index contributed by atoms with van der Waals surface area (Å²) in [7, 11) is 0. The van der Waals surface area contributed by atoms with Crippen molar-refractivity contribution in [2.45, 2.75) is 40.2 Å². The smallest absolute Gasteiger partial charge is 0.128 e. The van der Waals surface area contributed by atoms with Gasteiger partial charge in [0.15, 0.2) is 0 Å². The molecule has 0 fully saturated rings. The van der Waals surface area contributed by atoms with E-state index in [9.17, 15) is 4.39 Å². The van der Waals surface area contributed by atoms with Crippen LogP contribution in [0.2, 0.25) is 0 Å². The molecule has 0 aliphatic rings. The maximum absolute atomic E-state index is 13.8. The molecule has 1 aromatic rings. The van der Waals surface area contributed by atoms with Gasteiger partial charge in [0.2, 0.25) is 0 Å². The summed E-state index contributed by atoms with van der Waals surface area (Å²) in [6.45, 7) is 9.16. The van der Waals surface area contributed by atoms with Gasteiger partial charge in [-0.1, -0.05) is 32.9 Å². The standard InChI is InChI=1S/C14H22FN/c1-5-16-14(8-10(2)3)12-7-6-11(4)9-13(12)15/h6-7,9-10,14,16H,5,8H2,1-4H3. The van der Waals surface area contributed by atoms with Crippen LogP contribution in [0, 0.1) is 18.7 Å². The lowest BCUT2D eigenvalue weighted by Gasteiger charge is -2.21. The second kappa shape index (κ2) is 6.00. The van der Waals surface area contributed by atoms with Crippen molar-refractivity contribution in [2.75, 3.05) is 6.54 Å². The van der Waals surface area contributed by atoms with Gasteiger partial charge in [0, 0.05) is 11.6 Å². The van der Waals surface area contributed by atoms with E-state index in [-0.39, 0.29) is 11.9 Å². The van der Waals surface area contributed by atoms with Gasteiger partial charge in [-0.05, 0) is 37.4 Å². The van der Waals surface area contributed by atoms with Crippen LogP contribution in [0.5, 0.6) is 0 Å². The molecule has 0 spiro atoms. The molecular formula is C14H22FN. The fourth-order valence-electron chi connectivity index (χ4n) is 1.95. The molecule has 1 unspecified atom stereocenters. The second-order valence-corrected chi connectivity index (χ2v) is 4.76. The predicted octanol–water partition coefficient (Wildman–Crippen LogP) is 3.83. The number of aryl methyl sites for hydroxylation is 1. The van der Waals surface area contributed by atoms with E-state index in [1.807, 2.05) is 19.1 Å². The average Bonchev–Trinajstić information content (AvgIpc) is 2.16. The molecule has 0 amide bonds. The van der Waals surface area contributed by atoms with E-state index in [1.54, 1.807) is 6.07 Å². The van der Waals surface area contributed by atoms with Gasteiger partial charge in [-0.25, -0.2) is 4.39 Å². The summed E-state index contributed by atoms with van der Waals surface area (Å²) >= 11 is 0. The summed E-state index contributed by atoms with van der Waals surface area (Å²) in [4.78, 5) is 0. The number of rotatable bonds is 5. The predicted molar refractivity (Wildman–Crippen MR) is 67.0 cm³/mol. The third-order valence-corrected chi connectivity index (χ3v) is 2.69. The Morgan fingerprint density at radius 1 is 1.31 bits per heavy atom. The lowest BCUT2D eigenvalue weighted by atomic mass is 9.96. The van der Waals surface area contributed by atoms with Gasteiger partial charge in [0.25, 0.3) is 0 Å². The SMILES string of the molecule is CCNC(CC(C)C)c1ccc(C)cc1F. The molecule has 1 atom stereocenters. The zero-order chi connectivity index (χ0) is 12.1. The molecule has 2 heteroatoms. The number of halogens is 1. The number of hydrogen-bond donors (Lipinski definition) is 1. The van der Waals surface area contributed by atoms with E-state index in [4.69, 9.17) is 0 Å². The fourth-order valence-corrected chi connectivity index (χ4v) is 1.95. The molecule has 0 aromatic heterocycles. The summed E-state index contributed by atoms with van der Waals surface area (Å²) < 4.78 is 13.8. The Hall–Kier alpha value is -0.890. The van der Waals surface area contributed by atoms with Gasteiger partial charge in [-0.2, -0.15) is 0 Å². The summed E-state index contributed by atoms with van der Waals surface area (Å²) in [6, 6.07) is 5.62. The third kappa shape index (κ3) is 3.60. The Morgan fingerprint density at radius 3 is 2.50 bits per heavy atom. The topological polar surface area (TPSA) is 12.0 Å². The third-order valence-electron chi connectivity index (χ3n) is 2.69. The van der Waals surface area contributed by atoms with Crippen LogP contribution in [-0.2, 0) is 0 Å². The van der Waals surface area contributed by atoms with Crippen LogP contribution in [0.1, 0.15) is 44.4 Å². The Balaban J connectivity index is 2.91. The van der Waals surface area contributed by atoms with Gasteiger partial charge >= 0.3 is 0 Å². The fraction of sp³-hybridized carbons (Fsp3) is 0.571. The zero-order valence-electron chi connectivity index (χ0n) is 10.7. The summed E-state index contributed by atoms with van der Waals surface area (Å²) in [6.07, 6.45) is 0.966. The van der Waals surface area contributed by atoms with E-state index >= 15 is 0 Å². The van der Waals surface area contributed by atoms with Gasteiger partial charge in [-0.3, -0.25) is 0 Å². The minimum absolute atomic E-state index is 0.0911. The minimum Gasteiger partial charge on any atom is -0.310 e.